The van der Waals surface area contributed by atoms with Crippen LogP contribution in [0.25, 0.3) is 11.3 Å². The molecule has 2 aromatic rings. The van der Waals surface area contributed by atoms with E-state index in [1.165, 1.54) is 6.07 Å². The lowest BCUT2D eigenvalue weighted by Crippen LogP contribution is -2.20. The predicted molar refractivity (Wildman–Crippen MR) is 73.9 cm³/mol. The van der Waals surface area contributed by atoms with Gasteiger partial charge in [0, 0.05) is 22.8 Å². The second-order valence-corrected chi connectivity index (χ2v) is 4.68. The summed E-state index contributed by atoms with van der Waals surface area (Å²) in [6, 6.07) is 11.1. The zero-order chi connectivity index (χ0) is 12.4. The van der Waals surface area contributed by atoms with Crippen LogP contribution in [0.2, 0.25) is 0 Å². The first-order chi connectivity index (χ1) is 8.11. The van der Waals surface area contributed by atoms with Crippen molar-refractivity contribution in [2.75, 3.05) is 5.73 Å². The molecule has 0 atom stereocenters. The molecule has 3 nitrogen and oxygen atoms in total. The average Bonchev–Trinajstić information content (AvgIpc) is 2.29. The first-order valence-corrected chi connectivity index (χ1v) is 6.17. The maximum absolute atomic E-state index is 11.8. The molecule has 2 N–H and O–H groups in total. The Morgan fingerprint density at radius 1 is 1.24 bits per heavy atom. The van der Waals surface area contributed by atoms with E-state index in [4.69, 9.17) is 5.73 Å². The lowest BCUT2D eigenvalue weighted by molar-refractivity contribution is 0.736. The van der Waals surface area contributed by atoms with Gasteiger partial charge in [-0.25, -0.2) is 0 Å². The Hall–Kier alpha value is -1.55. The van der Waals surface area contributed by atoms with Gasteiger partial charge in [-0.05, 0) is 30.7 Å². The van der Waals surface area contributed by atoms with Gasteiger partial charge in [0.2, 0.25) is 0 Å². The number of aromatic nitrogens is 1. The zero-order valence-electron chi connectivity index (χ0n) is 9.48. The fourth-order valence-corrected chi connectivity index (χ4v) is 2.07. The predicted octanol–water partition coefficient (Wildman–Crippen LogP) is 2.88. The van der Waals surface area contributed by atoms with Gasteiger partial charge in [0.05, 0.1) is 5.69 Å². The van der Waals surface area contributed by atoms with Crippen LogP contribution in [0.5, 0.6) is 0 Å². The van der Waals surface area contributed by atoms with Crippen molar-refractivity contribution in [1.29, 1.82) is 0 Å². The Kier molecular flexibility index (Phi) is 3.33. The third kappa shape index (κ3) is 2.42. The van der Waals surface area contributed by atoms with Crippen LogP contribution in [-0.2, 0) is 6.54 Å². The number of hydrogen-bond donors (Lipinski definition) is 1. The lowest BCUT2D eigenvalue weighted by Gasteiger charge is -2.11. The summed E-state index contributed by atoms with van der Waals surface area (Å²) in [4.78, 5) is 11.8. The van der Waals surface area contributed by atoms with Crippen LogP contribution in [0.4, 0.5) is 5.69 Å². The van der Waals surface area contributed by atoms with Gasteiger partial charge in [-0.2, -0.15) is 0 Å². The van der Waals surface area contributed by atoms with E-state index in [0.717, 1.165) is 15.7 Å². The van der Waals surface area contributed by atoms with Crippen molar-refractivity contribution >= 4 is 21.6 Å². The monoisotopic (exact) mass is 292 g/mol. The molecule has 0 bridgehead atoms. The largest absolute Gasteiger partial charge is 0.399 e. The Morgan fingerprint density at radius 3 is 2.47 bits per heavy atom. The third-order valence-corrected chi connectivity index (χ3v) is 3.14. The smallest absolute Gasteiger partial charge is 0.253 e. The molecule has 0 radical (unpaired) electrons. The van der Waals surface area contributed by atoms with E-state index in [0.29, 0.717) is 12.2 Å². The van der Waals surface area contributed by atoms with E-state index < -0.39 is 0 Å². The SMILES string of the molecule is CCn1c(-c2ccc(Br)cc2)cc(N)cc1=O. The van der Waals surface area contributed by atoms with Gasteiger partial charge in [0.25, 0.3) is 5.56 Å². The average molecular weight is 293 g/mol. The van der Waals surface area contributed by atoms with Crippen molar-refractivity contribution in [3.63, 3.8) is 0 Å². The molecular weight excluding hydrogens is 280 g/mol. The van der Waals surface area contributed by atoms with Gasteiger partial charge in [-0.1, -0.05) is 28.1 Å². The fourth-order valence-electron chi connectivity index (χ4n) is 1.80. The van der Waals surface area contributed by atoms with Crippen molar-refractivity contribution in [3.05, 3.63) is 51.2 Å². The van der Waals surface area contributed by atoms with Crippen molar-refractivity contribution in [1.82, 2.24) is 4.57 Å². The van der Waals surface area contributed by atoms with Gasteiger partial charge in [0.1, 0.15) is 0 Å². The summed E-state index contributed by atoms with van der Waals surface area (Å²) < 4.78 is 2.72. The van der Waals surface area contributed by atoms with Crippen LogP contribution in [0, 0.1) is 0 Å². The van der Waals surface area contributed by atoms with Crippen LogP contribution in [-0.4, -0.2) is 4.57 Å². The van der Waals surface area contributed by atoms with Crippen LogP contribution in [0.3, 0.4) is 0 Å². The van der Waals surface area contributed by atoms with Crippen molar-refractivity contribution < 1.29 is 0 Å². The number of hydrogen-bond acceptors (Lipinski definition) is 2. The second-order valence-electron chi connectivity index (χ2n) is 3.76. The highest BCUT2D eigenvalue weighted by Gasteiger charge is 2.06. The van der Waals surface area contributed by atoms with E-state index in [9.17, 15) is 4.79 Å². The summed E-state index contributed by atoms with van der Waals surface area (Å²) in [5.41, 5.74) is 8.00. The second kappa shape index (κ2) is 4.75. The molecule has 0 spiro atoms. The number of rotatable bonds is 2. The number of nitrogens with zero attached hydrogens (tertiary/aromatic N) is 1. The first-order valence-electron chi connectivity index (χ1n) is 5.38. The minimum absolute atomic E-state index is 0.0644. The summed E-state index contributed by atoms with van der Waals surface area (Å²) in [6.07, 6.45) is 0. The molecule has 0 aliphatic carbocycles. The van der Waals surface area contributed by atoms with E-state index >= 15 is 0 Å². The first kappa shape index (κ1) is 11.9. The summed E-state index contributed by atoms with van der Waals surface area (Å²) in [5.74, 6) is 0. The van der Waals surface area contributed by atoms with E-state index in [2.05, 4.69) is 15.9 Å². The maximum Gasteiger partial charge on any atom is 0.253 e. The molecule has 1 aromatic heterocycles. The highest BCUT2D eigenvalue weighted by Crippen LogP contribution is 2.22. The lowest BCUT2D eigenvalue weighted by atomic mass is 10.1. The topological polar surface area (TPSA) is 48.0 Å². The highest BCUT2D eigenvalue weighted by atomic mass is 79.9. The standard InChI is InChI=1S/C13H13BrN2O/c1-2-16-12(7-11(15)8-13(16)17)9-3-5-10(14)6-4-9/h3-8H,2,15H2,1H3. The van der Waals surface area contributed by atoms with Crippen molar-refractivity contribution in [2.24, 2.45) is 0 Å². The molecule has 0 unspecified atom stereocenters. The summed E-state index contributed by atoms with van der Waals surface area (Å²) >= 11 is 3.39. The summed E-state index contributed by atoms with van der Waals surface area (Å²) in [7, 11) is 0. The molecule has 0 saturated carbocycles. The molecule has 2 rings (SSSR count). The highest BCUT2D eigenvalue weighted by molar-refractivity contribution is 9.10. The number of halogens is 1. The molecule has 1 aromatic carbocycles. The number of pyridine rings is 1. The number of nitrogen functional groups attached to an aromatic ring is 1. The van der Waals surface area contributed by atoms with Gasteiger partial charge < -0.3 is 10.3 Å². The van der Waals surface area contributed by atoms with Crippen molar-refractivity contribution in [2.45, 2.75) is 13.5 Å². The summed E-state index contributed by atoms with van der Waals surface area (Å²) in [5, 5.41) is 0. The molecular formula is C13H13BrN2O. The Bertz CT molecular complexity index is 587. The number of anilines is 1. The van der Waals surface area contributed by atoms with Gasteiger partial charge in [-0.3, -0.25) is 4.79 Å². The normalized spacial score (nSPS) is 10.5. The summed E-state index contributed by atoms with van der Waals surface area (Å²) in [6.45, 7) is 2.57. The van der Waals surface area contributed by atoms with Crippen LogP contribution < -0.4 is 11.3 Å². The Balaban J connectivity index is 2.65. The van der Waals surface area contributed by atoms with E-state index in [1.807, 2.05) is 37.3 Å². The molecule has 88 valence electrons. The molecule has 17 heavy (non-hydrogen) atoms. The van der Waals surface area contributed by atoms with E-state index in [1.54, 1.807) is 4.57 Å². The molecule has 1 heterocycles. The number of benzene rings is 1. The maximum atomic E-state index is 11.8. The fraction of sp³-hybridized carbons (Fsp3) is 0.154. The zero-order valence-corrected chi connectivity index (χ0v) is 11.1. The Labute approximate surface area is 108 Å². The molecule has 0 amide bonds. The van der Waals surface area contributed by atoms with Gasteiger partial charge in [-0.15, -0.1) is 0 Å². The Morgan fingerprint density at radius 2 is 1.88 bits per heavy atom. The number of nitrogens with two attached hydrogens (primary N) is 1. The quantitative estimate of drug-likeness (QED) is 0.925. The molecule has 0 fully saturated rings. The van der Waals surface area contributed by atoms with E-state index in [-0.39, 0.29) is 5.56 Å². The molecule has 0 saturated heterocycles. The molecule has 0 aliphatic heterocycles. The van der Waals surface area contributed by atoms with Gasteiger partial charge in [0.15, 0.2) is 0 Å². The molecule has 0 aliphatic rings. The minimum Gasteiger partial charge on any atom is -0.399 e. The minimum atomic E-state index is -0.0644. The molecule has 4 heteroatoms. The third-order valence-electron chi connectivity index (χ3n) is 2.61. The van der Waals surface area contributed by atoms with Gasteiger partial charge >= 0.3 is 0 Å². The van der Waals surface area contributed by atoms with Crippen LogP contribution in [0.1, 0.15) is 6.92 Å². The van der Waals surface area contributed by atoms with Crippen molar-refractivity contribution in [3.8, 4) is 11.3 Å². The van der Waals surface area contributed by atoms with Crippen LogP contribution in [0.15, 0.2) is 45.7 Å². The van der Waals surface area contributed by atoms with Crippen LogP contribution >= 0.6 is 15.9 Å².